The molecule has 1 saturated heterocycles. The summed E-state index contributed by atoms with van der Waals surface area (Å²) in [5, 5.41) is 4.96. The van der Waals surface area contributed by atoms with Crippen molar-refractivity contribution in [2.45, 2.75) is 44.7 Å². The molecule has 1 saturated carbocycles. The average molecular weight is 408 g/mol. The second kappa shape index (κ2) is 7.80. The molecule has 6 nitrogen and oxygen atoms in total. The zero-order valence-electron chi connectivity index (χ0n) is 17.0. The van der Waals surface area contributed by atoms with Crippen LogP contribution in [0.15, 0.2) is 41.1 Å². The highest BCUT2D eigenvalue weighted by Crippen LogP contribution is 2.34. The van der Waals surface area contributed by atoms with Crippen molar-refractivity contribution in [1.29, 1.82) is 0 Å². The molecule has 2 fully saturated rings. The van der Waals surface area contributed by atoms with Crippen LogP contribution in [-0.4, -0.2) is 46.1 Å². The molecule has 30 heavy (non-hydrogen) atoms. The van der Waals surface area contributed by atoms with Gasteiger partial charge in [0.05, 0.1) is 12.2 Å². The number of pyridine rings is 1. The van der Waals surface area contributed by atoms with Gasteiger partial charge < -0.3 is 9.73 Å². The molecule has 0 spiro atoms. The maximum absolute atomic E-state index is 12.8. The van der Waals surface area contributed by atoms with Gasteiger partial charge in [-0.1, -0.05) is 12.1 Å². The first kappa shape index (κ1) is 19.2. The molecular weight excluding hydrogens is 383 g/mol. The van der Waals surface area contributed by atoms with Gasteiger partial charge >= 0.3 is 0 Å². The lowest BCUT2D eigenvalue weighted by Crippen LogP contribution is -2.32. The lowest BCUT2D eigenvalue weighted by molar-refractivity contribution is -0.121. The zero-order valence-corrected chi connectivity index (χ0v) is 17.0. The predicted octanol–water partition coefficient (Wildman–Crippen LogP) is 4.35. The van der Waals surface area contributed by atoms with Crippen LogP contribution >= 0.6 is 0 Å². The molecule has 1 aliphatic heterocycles. The molecule has 0 radical (unpaired) electrons. The van der Waals surface area contributed by atoms with Crippen LogP contribution in [0.25, 0.3) is 22.1 Å². The summed E-state index contributed by atoms with van der Waals surface area (Å²) in [5.41, 5.74) is 0.937. The molecule has 2 aromatic heterocycles. The first-order valence-corrected chi connectivity index (χ1v) is 10.6. The largest absolute Gasteiger partial charge is 0.441 e. The smallest absolute Gasteiger partial charge is 0.228 e. The summed E-state index contributed by atoms with van der Waals surface area (Å²) in [4.78, 5) is 23.5. The highest BCUT2D eigenvalue weighted by Gasteiger charge is 2.41. The monoisotopic (exact) mass is 408 g/mol. The summed E-state index contributed by atoms with van der Waals surface area (Å²) in [6.07, 6.45) is 7.09. The van der Waals surface area contributed by atoms with Gasteiger partial charge in [0, 0.05) is 42.6 Å². The number of anilines is 1. The van der Waals surface area contributed by atoms with E-state index in [9.17, 15) is 9.18 Å². The van der Waals surface area contributed by atoms with Crippen molar-refractivity contribution >= 4 is 22.5 Å². The van der Waals surface area contributed by atoms with Gasteiger partial charge in [0.2, 0.25) is 5.91 Å². The lowest BCUT2D eigenvalue weighted by Gasteiger charge is -2.28. The van der Waals surface area contributed by atoms with Crippen LogP contribution in [0.2, 0.25) is 0 Å². The minimum atomic E-state index is -0.258. The third-order valence-electron chi connectivity index (χ3n) is 6.35. The number of aryl methyl sites for hydroxylation is 1. The summed E-state index contributed by atoms with van der Waals surface area (Å²) in [6.45, 7) is 2.43. The van der Waals surface area contributed by atoms with Crippen LogP contribution in [0.3, 0.4) is 0 Å². The van der Waals surface area contributed by atoms with Gasteiger partial charge in [0.15, 0.2) is 11.7 Å². The maximum atomic E-state index is 12.8. The van der Waals surface area contributed by atoms with Crippen LogP contribution < -0.4 is 5.32 Å². The number of carbonyl (C=O) groups excluding carboxylic acids is 1. The molecule has 0 bridgehead atoms. The molecule has 1 N–H and O–H groups in total. The van der Waals surface area contributed by atoms with Crippen LogP contribution in [0, 0.1) is 12.8 Å². The maximum Gasteiger partial charge on any atom is 0.228 e. The van der Waals surface area contributed by atoms with Crippen LogP contribution in [0.4, 0.5) is 10.2 Å². The predicted molar refractivity (Wildman–Crippen MR) is 113 cm³/mol. The van der Waals surface area contributed by atoms with Gasteiger partial charge in [0.1, 0.15) is 12.5 Å². The van der Waals surface area contributed by atoms with E-state index < -0.39 is 0 Å². The number of oxazole rings is 1. The quantitative estimate of drug-likeness (QED) is 0.636. The van der Waals surface area contributed by atoms with Crippen LogP contribution in [0.5, 0.6) is 0 Å². The zero-order chi connectivity index (χ0) is 20.7. The Labute approximate surface area is 174 Å². The number of aromatic nitrogens is 2. The van der Waals surface area contributed by atoms with E-state index in [4.69, 9.17) is 4.42 Å². The van der Waals surface area contributed by atoms with Crippen molar-refractivity contribution in [1.82, 2.24) is 14.9 Å². The number of amides is 1. The highest BCUT2D eigenvalue weighted by molar-refractivity contribution is 5.94. The Morgan fingerprint density at radius 2 is 2.00 bits per heavy atom. The Bertz CT molecular complexity index is 1070. The summed E-state index contributed by atoms with van der Waals surface area (Å²) in [7, 11) is 0. The Morgan fingerprint density at radius 3 is 2.70 bits per heavy atom. The van der Waals surface area contributed by atoms with E-state index in [1.165, 1.54) is 0 Å². The average Bonchev–Trinajstić information content (AvgIpc) is 3.44. The fraction of sp³-hybridized carbons (Fsp3) is 0.435. The van der Waals surface area contributed by atoms with Gasteiger partial charge in [-0.05, 0) is 43.2 Å². The first-order chi connectivity index (χ1) is 14.6. The number of hydrogen-bond acceptors (Lipinski definition) is 5. The van der Waals surface area contributed by atoms with Gasteiger partial charge in [-0.3, -0.25) is 9.69 Å². The second-order valence-corrected chi connectivity index (χ2v) is 8.37. The summed E-state index contributed by atoms with van der Waals surface area (Å²) in [6, 6.07) is 8.43. The topological polar surface area (TPSA) is 71.0 Å². The number of halogens is 1. The number of hydrogen-bond donors (Lipinski definition) is 1. The van der Waals surface area contributed by atoms with E-state index in [1.807, 2.05) is 31.2 Å². The molecule has 2 atom stereocenters. The van der Waals surface area contributed by atoms with E-state index in [-0.39, 0.29) is 24.5 Å². The fourth-order valence-electron chi connectivity index (χ4n) is 4.54. The van der Waals surface area contributed by atoms with E-state index in [1.54, 1.807) is 12.4 Å². The molecule has 2 unspecified atom stereocenters. The number of rotatable bonds is 5. The van der Waals surface area contributed by atoms with Crippen molar-refractivity contribution in [3.8, 4) is 11.3 Å². The van der Waals surface area contributed by atoms with Crippen molar-refractivity contribution in [3.05, 3.63) is 42.5 Å². The number of carbonyl (C=O) groups is 1. The summed E-state index contributed by atoms with van der Waals surface area (Å²) < 4.78 is 18.4. The minimum absolute atomic E-state index is 0.00831. The van der Waals surface area contributed by atoms with Gasteiger partial charge in [0.25, 0.3) is 0 Å². The standard InChI is InChI=1S/C23H25FN4O2/c1-14-25-12-21(30-14)16-2-3-17-11-26-22(9-18(17)8-16)27-23(29)15-4-6-19(7-5-15)28-13-20(28)10-24/h2-3,8-9,11-12,15,19-20H,4-7,10,13H2,1H3,(H,26,27,29)/t15-,19-,20?,28?. The van der Waals surface area contributed by atoms with Crippen LogP contribution in [-0.2, 0) is 4.79 Å². The third-order valence-corrected chi connectivity index (χ3v) is 6.35. The summed E-state index contributed by atoms with van der Waals surface area (Å²) >= 11 is 0. The molecular formula is C23H25FN4O2. The minimum Gasteiger partial charge on any atom is -0.441 e. The number of nitrogens with zero attached hydrogens (tertiary/aromatic N) is 3. The number of alkyl halides is 1. The molecule has 156 valence electrons. The normalized spacial score (nSPS) is 25.9. The molecule has 3 aromatic rings. The SMILES string of the molecule is Cc1ncc(-c2ccc3cnc(NC(=O)[C@H]4CC[C@H](N5CC5CF)CC4)cc3c2)o1. The number of fused-ring (bicyclic) bond motifs is 1. The van der Waals surface area contributed by atoms with Crippen molar-refractivity contribution in [2.75, 3.05) is 18.5 Å². The Morgan fingerprint density at radius 1 is 1.17 bits per heavy atom. The molecule has 2 aliphatic rings. The van der Waals surface area contributed by atoms with E-state index in [0.717, 1.165) is 54.3 Å². The Balaban J connectivity index is 1.25. The lowest BCUT2D eigenvalue weighted by atomic mass is 9.85. The van der Waals surface area contributed by atoms with E-state index >= 15 is 0 Å². The van der Waals surface area contributed by atoms with Crippen molar-refractivity contribution in [3.63, 3.8) is 0 Å². The molecule has 3 heterocycles. The molecule has 1 aliphatic carbocycles. The van der Waals surface area contributed by atoms with Crippen LogP contribution in [0.1, 0.15) is 31.6 Å². The van der Waals surface area contributed by atoms with Crippen molar-refractivity contribution < 1.29 is 13.6 Å². The van der Waals surface area contributed by atoms with Gasteiger partial charge in [-0.15, -0.1) is 0 Å². The molecule has 1 amide bonds. The Hall–Kier alpha value is -2.80. The molecule has 1 aromatic carbocycles. The van der Waals surface area contributed by atoms with Gasteiger partial charge in [-0.2, -0.15) is 0 Å². The highest BCUT2D eigenvalue weighted by atomic mass is 19.1. The Kier molecular flexibility index (Phi) is 4.98. The summed E-state index contributed by atoms with van der Waals surface area (Å²) in [5.74, 6) is 1.92. The second-order valence-electron chi connectivity index (χ2n) is 8.37. The number of nitrogens with one attached hydrogen (secondary N) is 1. The van der Waals surface area contributed by atoms with E-state index in [2.05, 4.69) is 20.2 Å². The van der Waals surface area contributed by atoms with Crippen molar-refractivity contribution in [2.24, 2.45) is 5.92 Å². The fourth-order valence-corrected chi connectivity index (χ4v) is 4.54. The molecule has 5 rings (SSSR count). The molecule has 7 heteroatoms. The van der Waals surface area contributed by atoms with E-state index in [0.29, 0.717) is 17.8 Å². The number of benzene rings is 1. The van der Waals surface area contributed by atoms with Gasteiger partial charge in [-0.25, -0.2) is 14.4 Å². The first-order valence-electron chi connectivity index (χ1n) is 10.6. The third kappa shape index (κ3) is 3.81.